The van der Waals surface area contributed by atoms with E-state index < -0.39 is 0 Å². The van der Waals surface area contributed by atoms with Crippen LogP contribution in [0, 0.1) is 5.92 Å². The topological polar surface area (TPSA) is 29.1 Å². The van der Waals surface area contributed by atoms with E-state index in [1.54, 1.807) is 0 Å². The molecule has 2 nitrogen and oxygen atoms in total. The van der Waals surface area contributed by atoms with Crippen LogP contribution < -0.4 is 5.32 Å². The molecule has 1 N–H and O–H groups in total. The minimum absolute atomic E-state index is 0.113. The maximum Gasteiger partial charge on any atom is 0.220 e. The van der Waals surface area contributed by atoms with Gasteiger partial charge >= 0.3 is 0 Å². The Morgan fingerprint density at radius 1 is 1.22 bits per heavy atom. The van der Waals surface area contributed by atoms with Crippen molar-refractivity contribution in [1.82, 2.24) is 5.32 Å². The van der Waals surface area contributed by atoms with Gasteiger partial charge in [-0.05, 0) is 31.2 Å². The molecule has 0 unspecified atom stereocenters. The summed E-state index contributed by atoms with van der Waals surface area (Å²) in [5.74, 6) is 0.819. The largest absolute Gasteiger partial charge is 0.350 e. The highest BCUT2D eigenvalue weighted by atomic mass is 16.1. The first-order valence-corrected chi connectivity index (χ1v) is 7.10. The molecule has 0 spiro atoms. The first-order chi connectivity index (χ1) is 8.75. The van der Waals surface area contributed by atoms with Gasteiger partial charge in [-0.1, -0.05) is 49.6 Å². The van der Waals surface area contributed by atoms with Gasteiger partial charge < -0.3 is 5.32 Å². The molecular formula is C16H23NO. The van der Waals surface area contributed by atoms with Gasteiger partial charge in [0.05, 0.1) is 6.04 Å². The summed E-state index contributed by atoms with van der Waals surface area (Å²) in [7, 11) is 0. The van der Waals surface area contributed by atoms with Crippen LogP contribution >= 0.6 is 0 Å². The summed E-state index contributed by atoms with van der Waals surface area (Å²) in [5.41, 5.74) is 1.18. The molecule has 1 aromatic carbocycles. The Labute approximate surface area is 110 Å². The number of hydrogen-bond acceptors (Lipinski definition) is 1. The summed E-state index contributed by atoms with van der Waals surface area (Å²) in [6.45, 7) is 2.05. The van der Waals surface area contributed by atoms with Crippen molar-refractivity contribution in [2.45, 2.75) is 51.5 Å². The van der Waals surface area contributed by atoms with Crippen molar-refractivity contribution in [2.75, 3.05) is 0 Å². The first kappa shape index (κ1) is 13.1. The number of hydrogen-bond donors (Lipinski definition) is 1. The Kier molecular flexibility index (Phi) is 4.80. The highest BCUT2D eigenvalue weighted by Gasteiger charge is 2.18. The van der Waals surface area contributed by atoms with Crippen LogP contribution in [0.15, 0.2) is 30.3 Å². The molecule has 0 aliphatic heterocycles. The monoisotopic (exact) mass is 245 g/mol. The maximum atomic E-state index is 12.0. The van der Waals surface area contributed by atoms with Gasteiger partial charge in [-0.3, -0.25) is 4.79 Å². The van der Waals surface area contributed by atoms with E-state index in [0.29, 0.717) is 12.3 Å². The minimum Gasteiger partial charge on any atom is -0.350 e. The average Bonchev–Trinajstić information content (AvgIpc) is 2.40. The quantitative estimate of drug-likeness (QED) is 0.858. The van der Waals surface area contributed by atoms with Crippen molar-refractivity contribution < 1.29 is 4.79 Å². The van der Waals surface area contributed by atoms with Crippen LogP contribution in [0.1, 0.15) is 57.1 Å². The summed E-state index contributed by atoms with van der Waals surface area (Å²) < 4.78 is 0. The summed E-state index contributed by atoms with van der Waals surface area (Å²) in [5, 5.41) is 3.10. The Hall–Kier alpha value is -1.31. The van der Waals surface area contributed by atoms with E-state index >= 15 is 0 Å². The van der Waals surface area contributed by atoms with Gasteiger partial charge in [-0.25, -0.2) is 0 Å². The van der Waals surface area contributed by atoms with Gasteiger partial charge in [-0.2, -0.15) is 0 Å². The highest BCUT2D eigenvalue weighted by Crippen LogP contribution is 2.26. The molecule has 98 valence electrons. The van der Waals surface area contributed by atoms with Gasteiger partial charge in [-0.15, -0.1) is 0 Å². The third kappa shape index (κ3) is 3.86. The third-order valence-corrected chi connectivity index (χ3v) is 3.88. The SMILES string of the molecule is C[C@@H](NC(=O)CC1CCCCC1)c1ccccc1. The van der Waals surface area contributed by atoms with Crippen LogP contribution in [0.3, 0.4) is 0 Å². The zero-order valence-electron chi connectivity index (χ0n) is 11.2. The van der Waals surface area contributed by atoms with Crippen molar-refractivity contribution in [3.05, 3.63) is 35.9 Å². The molecule has 1 aliphatic carbocycles. The standard InChI is InChI=1S/C16H23NO/c1-13(15-10-6-3-7-11-15)17-16(18)12-14-8-4-2-5-9-14/h3,6-7,10-11,13-14H,2,4-5,8-9,12H2,1H3,(H,17,18)/t13-/m1/s1. The Morgan fingerprint density at radius 3 is 2.56 bits per heavy atom. The summed E-state index contributed by atoms with van der Waals surface area (Å²) in [6.07, 6.45) is 7.11. The zero-order valence-corrected chi connectivity index (χ0v) is 11.2. The van der Waals surface area contributed by atoms with E-state index in [0.717, 1.165) is 0 Å². The normalized spacial score (nSPS) is 18.3. The van der Waals surface area contributed by atoms with E-state index in [2.05, 4.69) is 17.4 Å². The molecule has 18 heavy (non-hydrogen) atoms. The predicted molar refractivity (Wildman–Crippen MR) is 74.2 cm³/mol. The second-order valence-electron chi connectivity index (χ2n) is 5.41. The molecule has 0 aromatic heterocycles. The summed E-state index contributed by atoms with van der Waals surface area (Å²) in [6, 6.07) is 10.3. The molecule has 2 rings (SSSR count). The van der Waals surface area contributed by atoms with Crippen molar-refractivity contribution >= 4 is 5.91 Å². The number of carbonyl (C=O) groups excluding carboxylic acids is 1. The lowest BCUT2D eigenvalue weighted by Crippen LogP contribution is -2.28. The van der Waals surface area contributed by atoms with E-state index in [1.807, 2.05) is 25.1 Å². The highest BCUT2D eigenvalue weighted by molar-refractivity contribution is 5.76. The van der Waals surface area contributed by atoms with Gasteiger partial charge in [0.15, 0.2) is 0 Å². The Balaban J connectivity index is 1.80. The molecule has 1 atom stereocenters. The van der Waals surface area contributed by atoms with Crippen molar-refractivity contribution in [1.29, 1.82) is 0 Å². The maximum absolute atomic E-state index is 12.0. The van der Waals surface area contributed by atoms with E-state index in [1.165, 1.54) is 37.7 Å². The molecule has 2 heteroatoms. The minimum atomic E-state index is 0.113. The van der Waals surface area contributed by atoms with Gasteiger partial charge in [0, 0.05) is 6.42 Å². The lowest BCUT2D eigenvalue weighted by Gasteiger charge is -2.22. The molecule has 1 aliphatic rings. The molecule has 0 saturated heterocycles. The van der Waals surface area contributed by atoms with Crippen LogP contribution in [0.25, 0.3) is 0 Å². The van der Waals surface area contributed by atoms with Crippen LogP contribution in [0.4, 0.5) is 0 Å². The van der Waals surface area contributed by atoms with E-state index in [9.17, 15) is 4.79 Å². The van der Waals surface area contributed by atoms with E-state index in [-0.39, 0.29) is 11.9 Å². The third-order valence-electron chi connectivity index (χ3n) is 3.88. The molecule has 0 bridgehead atoms. The van der Waals surface area contributed by atoms with Crippen LogP contribution in [0.2, 0.25) is 0 Å². The Morgan fingerprint density at radius 2 is 1.89 bits per heavy atom. The van der Waals surface area contributed by atoms with Gasteiger partial charge in [0.1, 0.15) is 0 Å². The number of carbonyl (C=O) groups is 1. The molecule has 1 aromatic rings. The van der Waals surface area contributed by atoms with Crippen LogP contribution in [-0.2, 0) is 4.79 Å². The fourth-order valence-corrected chi connectivity index (χ4v) is 2.78. The second-order valence-corrected chi connectivity index (χ2v) is 5.41. The van der Waals surface area contributed by atoms with Crippen molar-refractivity contribution in [3.63, 3.8) is 0 Å². The smallest absolute Gasteiger partial charge is 0.220 e. The fraction of sp³-hybridized carbons (Fsp3) is 0.562. The molecule has 1 fully saturated rings. The summed E-state index contributed by atoms with van der Waals surface area (Å²) >= 11 is 0. The predicted octanol–water partition coefficient (Wildman–Crippen LogP) is 3.83. The van der Waals surface area contributed by atoms with Gasteiger partial charge in [0.2, 0.25) is 5.91 Å². The number of amides is 1. The molecule has 1 amide bonds. The van der Waals surface area contributed by atoms with Crippen LogP contribution in [0.5, 0.6) is 0 Å². The molecular weight excluding hydrogens is 222 g/mol. The van der Waals surface area contributed by atoms with Gasteiger partial charge in [0.25, 0.3) is 0 Å². The second kappa shape index (κ2) is 6.58. The molecule has 1 saturated carbocycles. The molecule has 0 heterocycles. The van der Waals surface area contributed by atoms with Crippen molar-refractivity contribution in [3.8, 4) is 0 Å². The zero-order chi connectivity index (χ0) is 12.8. The van der Waals surface area contributed by atoms with Crippen molar-refractivity contribution in [2.24, 2.45) is 5.92 Å². The number of nitrogens with one attached hydrogen (secondary N) is 1. The number of benzene rings is 1. The molecule has 0 radical (unpaired) electrons. The summed E-state index contributed by atoms with van der Waals surface area (Å²) in [4.78, 5) is 12.0. The Bertz CT molecular complexity index is 368. The first-order valence-electron chi connectivity index (χ1n) is 7.10. The van der Waals surface area contributed by atoms with E-state index in [4.69, 9.17) is 0 Å². The van der Waals surface area contributed by atoms with Crippen LogP contribution in [-0.4, -0.2) is 5.91 Å². The lowest BCUT2D eigenvalue weighted by molar-refractivity contribution is -0.122. The average molecular weight is 245 g/mol. The lowest BCUT2D eigenvalue weighted by atomic mass is 9.87. The fourth-order valence-electron chi connectivity index (χ4n) is 2.78. The number of rotatable bonds is 4.